The summed E-state index contributed by atoms with van der Waals surface area (Å²) in [6, 6.07) is 15.8. The van der Waals surface area contributed by atoms with Crippen LogP contribution in [0.3, 0.4) is 0 Å². The fourth-order valence-corrected chi connectivity index (χ4v) is 4.60. The largest absolute Gasteiger partial charge is 0.508 e. The van der Waals surface area contributed by atoms with Crippen molar-refractivity contribution in [2.24, 2.45) is 0 Å². The number of phenolic OH excluding ortho intramolecular Hbond substituents is 1. The molecule has 0 aromatic heterocycles. The number of benzene rings is 2. The number of aromatic hydroxyl groups is 1. The zero-order valence-electron chi connectivity index (χ0n) is 15.8. The van der Waals surface area contributed by atoms with Gasteiger partial charge in [-0.15, -0.1) is 0 Å². The highest BCUT2D eigenvalue weighted by molar-refractivity contribution is 5.77. The molecule has 2 aliphatic rings. The van der Waals surface area contributed by atoms with Crippen molar-refractivity contribution in [1.82, 2.24) is 4.90 Å². The Morgan fingerprint density at radius 1 is 1.19 bits per heavy atom. The molecular formula is C23H27NO3. The highest BCUT2D eigenvalue weighted by Crippen LogP contribution is 2.41. The molecule has 4 nitrogen and oxygen atoms in total. The molecule has 1 aliphatic heterocycles. The normalized spacial score (nSPS) is 24.8. The molecule has 1 heterocycles. The zero-order valence-corrected chi connectivity index (χ0v) is 15.8. The molecule has 1 fully saturated rings. The van der Waals surface area contributed by atoms with Crippen molar-refractivity contribution in [3.63, 3.8) is 0 Å². The van der Waals surface area contributed by atoms with Crippen molar-refractivity contribution in [1.29, 1.82) is 0 Å². The minimum absolute atomic E-state index is 0.128. The van der Waals surface area contributed by atoms with Crippen molar-refractivity contribution in [2.45, 2.75) is 57.2 Å². The quantitative estimate of drug-likeness (QED) is 0.813. The maximum Gasteiger partial charge on any atom is 0.324 e. The van der Waals surface area contributed by atoms with Gasteiger partial charge < -0.3 is 9.84 Å². The van der Waals surface area contributed by atoms with Crippen LogP contribution in [-0.2, 0) is 22.4 Å². The minimum Gasteiger partial charge on any atom is -0.508 e. The predicted molar refractivity (Wildman–Crippen MR) is 105 cm³/mol. The van der Waals surface area contributed by atoms with Crippen LogP contribution in [0.2, 0.25) is 0 Å². The summed E-state index contributed by atoms with van der Waals surface area (Å²) in [5.74, 6) is 0.107. The summed E-state index contributed by atoms with van der Waals surface area (Å²) >= 11 is 0. The maximum atomic E-state index is 12.9. The van der Waals surface area contributed by atoms with Gasteiger partial charge in [-0.25, -0.2) is 0 Å². The summed E-state index contributed by atoms with van der Waals surface area (Å²) in [6.07, 6.45) is 4.32. The first-order valence-electron chi connectivity index (χ1n) is 9.99. The SMILES string of the molecule is CCCN1C(CCc2ccccc2)C(=O)O[C@@H]2c3cc(O)ccc3CC[C@H]21. The lowest BCUT2D eigenvalue weighted by atomic mass is 9.82. The van der Waals surface area contributed by atoms with Gasteiger partial charge in [0.25, 0.3) is 0 Å². The molecule has 1 aliphatic carbocycles. The lowest BCUT2D eigenvalue weighted by Gasteiger charge is -2.47. The van der Waals surface area contributed by atoms with E-state index in [1.54, 1.807) is 12.1 Å². The number of phenols is 1. The number of hydrogen-bond acceptors (Lipinski definition) is 4. The first-order chi connectivity index (χ1) is 13.2. The average Bonchev–Trinajstić information content (AvgIpc) is 2.68. The average molecular weight is 365 g/mol. The Morgan fingerprint density at radius 3 is 2.78 bits per heavy atom. The highest BCUT2D eigenvalue weighted by atomic mass is 16.6. The molecular weight excluding hydrogens is 338 g/mol. The van der Waals surface area contributed by atoms with E-state index in [1.807, 2.05) is 24.3 Å². The molecule has 1 N–H and O–H groups in total. The monoisotopic (exact) mass is 365 g/mol. The molecule has 1 saturated heterocycles. The van der Waals surface area contributed by atoms with Crippen LogP contribution in [0.25, 0.3) is 0 Å². The van der Waals surface area contributed by atoms with Crippen LogP contribution in [-0.4, -0.2) is 34.6 Å². The Hall–Kier alpha value is -2.33. The van der Waals surface area contributed by atoms with Gasteiger partial charge in [-0.1, -0.05) is 43.3 Å². The number of hydrogen-bond donors (Lipinski definition) is 1. The van der Waals surface area contributed by atoms with Gasteiger partial charge in [-0.3, -0.25) is 9.69 Å². The van der Waals surface area contributed by atoms with Gasteiger partial charge >= 0.3 is 5.97 Å². The summed E-state index contributed by atoms with van der Waals surface area (Å²) in [5, 5.41) is 9.92. The van der Waals surface area contributed by atoms with E-state index in [0.717, 1.165) is 44.2 Å². The molecule has 0 amide bonds. The van der Waals surface area contributed by atoms with Gasteiger partial charge in [-0.05, 0) is 61.9 Å². The number of carbonyl (C=O) groups excluding carboxylic acids is 1. The minimum atomic E-state index is -0.270. The van der Waals surface area contributed by atoms with Crippen LogP contribution in [0.4, 0.5) is 0 Å². The van der Waals surface area contributed by atoms with E-state index in [9.17, 15) is 9.90 Å². The second-order valence-electron chi connectivity index (χ2n) is 7.62. The van der Waals surface area contributed by atoms with E-state index in [4.69, 9.17) is 4.74 Å². The molecule has 142 valence electrons. The van der Waals surface area contributed by atoms with Crippen LogP contribution in [0, 0.1) is 0 Å². The van der Waals surface area contributed by atoms with E-state index in [1.165, 1.54) is 11.1 Å². The number of nitrogens with zero attached hydrogens (tertiary/aromatic N) is 1. The van der Waals surface area contributed by atoms with Crippen LogP contribution in [0.15, 0.2) is 48.5 Å². The van der Waals surface area contributed by atoms with E-state index in [0.29, 0.717) is 0 Å². The first-order valence-corrected chi connectivity index (χ1v) is 9.99. The number of aryl methyl sites for hydroxylation is 2. The van der Waals surface area contributed by atoms with E-state index < -0.39 is 0 Å². The molecule has 0 radical (unpaired) electrons. The van der Waals surface area contributed by atoms with Gasteiger partial charge in [0, 0.05) is 5.56 Å². The second kappa shape index (κ2) is 7.73. The molecule has 0 spiro atoms. The molecule has 0 bridgehead atoms. The standard InChI is InChI=1S/C23H27NO3/c1-2-14-24-20-13-10-17-9-11-18(25)15-19(17)22(20)27-23(26)21(24)12-8-16-6-4-3-5-7-16/h3-7,9,11,15,20-22,25H,2,8,10,12-14H2,1H3/t20-,21?,22-/m1/s1. The zero-order chi connectivity index (χ0) is 18.8. The fraction of sp³-hybridized carbons (Fsp3) is 0.435. The second-order valence-corrected chi connectivity index (χ2v) is 7.62. The smallest absolute Gasteiger partial charge is 0.324 e. The topological polar surface area (TPSA) is 49.8 Å². The molecule has 3 atom stereocenters. The molecule has 1 unspecified atom stereocenters. The molecule has 27 heavy (non-hydrogen) atoms. The van der Waals surface area contributed by atoms with Crippen molar-refractivity contribution in [2.75, 3.05) is 6.54 Å². The summed E-state index contributed by atoms with van der Waals surface area (Å²) in [7, 11) is 0. The van der Waals surface area contributed by atoms with Crippen molar-refractivity contribution in [3.8, 4) is 5.75 Å². The maximum absolute atomic E-state index is 12.9. The third kappa shape index (κ3) is 3.59. The van der Waals surface area contributed by atoms with Crippen molar-refractivity contribution in [3.05, 3.63) is 65.2 Å². The Kier molecular flexibility index (Phi) is 5.17. The third-order valence-corrected chi connectivity index (χ3v) is 5.87. The van der Waals surface area contributed by atoms with Crippen LogP contribution >= 0.6 is 0 Å². The van der Waals surface area contributed by atoms with Gasteiger partial charge in [-0.2, -0.15) is 0 Å². The Morgan fingerprint density at radius 2 is 2.00 bits per heavy atom. The lowest BCUT2D eigenvalue weighted by Crippen LogP contribution is -2.57. The number of morpholine rings is 1. The van der Waals surface area contributed by atoms with E-state index >= 15 is 0 Å². The number of ether oxygens (including phenoxy) is 1. The number of rotatable bonds is 5. The molecule has 4 heteroatoms. The van der Waals surface area contributed by atoms with Crippen molar-refractivity contribution < 1.29 is 14.6 Å². The predicted octanol–water partition coefficient (Wildman–Crippen LogP) is 4.02. The summed E-state index contributed by atoms with van der Waals surface area (Å²) in [4.78, 5) is 15.3. The van der Waals surface area contributed by atoms with Gasteiger partial charge in [0.1, 0.15) is 17.9 Å². The van der Waals surface area contributed by atoms with Gasteiger partial charge in [0.2, 0.25) is 0 Å². The van der Waals surface area contributed by atoms with Gasteiger partial charge in [0.15, 0.2) is 0 Å². The van der Waals surface area contributed by atoms with E-state index in [2.05, 4.69) is 24.0 Å². The number of carbonyl (C=O) groups is 1. The summed E-state index contributed by atoms with van der Waals surface area (Å²) in [5.41, 5.74) is 3.41. The van der Waals surface area contributed by atoms with Crippen LogP contribution < -0.4 is 0 Å². The summed E-state index contributed by atoms with van der Waals surface area (Å²) in [6.45, 7) is 3.05. The highest BCUT2D eigenvalue weighted by Gasteiger charge is 2.45. The number of esters is 1. The molecule has 2 aromatic rings. The molecule has 0 saturated carbocycles. The third-order valence-electron chi connectivity index (χ3n) is 5.87. The van der Waals surface area contributed by atoms with Gasteiger partial charge in [0.05, 0.1) is 6.04 Å². The number of fused-ring (bicyclic) bond motifs is 3. The molecule has 2 aromatic carbocycles. The van der Waals surface area contributed by atoms with Crippen LogP contribution in [0.5, 0.6) is 5.75 Å². The van der Waals surface area contributed by atoms with E-state index in [-0.39, 0.29) is 29.9 Å². The lowest BCUT2D eigenvalue weighted by molar-refractivity contribution is -0.177. The molecule has 4 rings (SSSR count). The Bertz CT molecular complexity index is 805. The fourth-order valence-electron chi connectivity index (χ4n) is 4.60. The summed E-state index contributed by atoms with van der Waals surface area (Å²) < 4.78 is 5.96. The Balaban J connectivity index is 1.58. The van der Waals surface area contributed by atoms with Crippen LogP contribution in [0.1, 0.15) is 49.0 Å². The first kappa shape index (κ1) is 18.1. The Labute approximate surface area is 160 Å². The van der Waals surface area contributed by atoms with Crippen molar-refractivity contribution >= 4 is 5.97 Å².